The SMILES string of the molecule is Cc1ccc(C(C)N2CCNCC23CCCCC3)cc1F. The average Bonchev–Trinajstić information content (AvgIpc) is 2.51. The number of nitrogens with one attached hydrogen (secondary N) is 1. The van der Waals surface area contributed by atoms with E-state index in [1.165, 1.54) is 32.1 Å². The van der Waals surface area contributed by atoms with Crippen LogP contribution in [-0.4, -0.2) is 30.1 Å². The fraction of sp³-hybridized carbons (Fsp3) is 0.667. The summed E-state index contributed by atoms with van der Waals surface area (Å²) in [5.41, 5.74) is 2.14. The van der Waals surface area contributed by atoms with Gasteiger partial charge < -0.3 is 5.32 Å². The van der Waals surface area contributed by atoms with Gasteiger partial charge in [0.25, 0.3) is 0 Å². The molecular weight excluding hydrogens is 263 g/mol. The lowest BCUT2D eigenvalue weighted by Gasteiger charge is -2.52. The van der Waals surface area contributed by atoms with E-state index in [1.54, 1.807) is 6.07 Å². The first-order chi connectivity index (χ1) is 10.1. The summed E-state index contributed by atoms with van der Waals surface area (Å²) in [6, 6.07) is 6.04. The summed E-state index contributed by atoms with van der Waals surface area (Å²) in [4.78, 5) is 2.65. The van der Waals surface area contributed by atoms with Crippen molar-refractivity contribution < 1.29 is 4.39 Å². The molecule has 0 aromatic heterocycles. The molecular formula is C18H27FN2. The van der Waals surface area contributed by atoms with Crippen molar-refractivity contribution >= 4 is 0 Å². The van der Waals surface area contributed by atoms with Crippen molar-refractivity contribution in [3.63, 3.8) is 0 Å². The van der Waals surface area contributed by atoms with E-state index < -0.39 is 0 Å². The molecule has 0 radical (unpaired) electrons. The van der Waals surface area contributed by atoms with Crippen molar-refractivity contribution in [2.75, 3.05) is 19.6 Å². The lowest BCUT2D eigenvalue weighted by Crippen LogP contribution is -2.62. The molecule has 0 bridgehead atoms. The van der Waals surface area contributed by atoms with Gasteiger partial charge in [0.2, 0.25) is 0 Å². The predicted octanol–water partition coefficient (Wildman–Crippen LogP) is 3.80. The maximum Gasteiger partial charge on any atom is 0.126 e. The molecule has 116 valence electrons. The van der Waals surface area contributed by atoms with Gasteiger partial charge in [-0.2, -0.15) is 0 Å². The van der Waals surface area contributed by atoms with Crippen molar-refractivity contribution in [2.45, 2.75) is 57.5 Å². The van der Waals surface area contributed by atoms with Crippen LogP contribution >= 0.6 is 0 Å². The molecule has 1 saturated carbocycles. The lowest BCUT2D eigenvalue weighted by molar-refractivity contribution is -0.00286. The number of hydrogen-bond donors (Lipinski definition) is 1. The summed E-state index contributed by atoms with van der Waals surface area (Å²) in [6.07, 6.45) is 6.57. The van der Waals surface area contributed by atoms with Crippen LogP contribution in [0.4, 0.5) is 4.39 Å². The normalized spacial score (nSPS) is 24.1. The summed E-state index contributed by atoms with van der Waals surface area (Å²) in [6.45, 7) is 7.27. The maximum absolute atomic E-state index is 13.9. The van der Waals surface area contributed by atoms with E-state index in [-0.39, 0.29) is 11.4 Å². The van der Waals surface area contributed by atoms with Crippen LogP contribution in [0.3, 0.4) is 0 Å². The van der Waals surface area contributed by atoms with E-state index in [1.807, 2.05) is 13.0 Å². The number of benzene rings is 1. The predicted molar refractivity (Wildman–Crippen MR) is 84.9 cm³/mol. The van der Waals surface area contributed by atoms with Crippen LogP contribution in [0.25, 0.3) is 0 Å². The van der Waals surface area contributed by atoms with Crippen LogP contribution < -0.4 is 5.32 Å². The lowest BCUT2D eigenvalue weighted by atomic mass is 9.78. The Morgan fingerprint density at radius 3 is 2.71 bits per heavy atom. The van der Waals surface area contributed by atoms with Gasteiger partial charge in [0.1, 0.15) is 5.82 Å². The third-order valence-corrected chi connectivity index (χ3v) is 5.52. The van der Waals surface area contributed by atoms with E-state index in [2.05, 4.69) is 23.2 Å². The van der Waals surface area contributed by atoms with Crippen LogP contribution in [0.1, 0.15) is 56.2 Å². The summed E-state index contributed by atoms with van der Waals surface area (Å²) < 4.78 is 13.9. The standard InChI is InChI=1S/C18H27FN2/c1-14-6-7-16(12-17(14)19)15(2)21-11-10-20-13-18(21)8-4-3-5-9-18/h6-7,12,15,20H,3-5,8-11,13H2,1-2H3. The number of hydrogen-bond acceptors (Lipinski definition) is 2. The summed E-state index contributed by atoms with van der Waals surface area (Å²) in [5.74, 6) is -0.0767. The summed E-state index contributed by atoms with van der Waals surface area (Å²) in [7, 11) is 0. The molecule has 1 unspecified atom stereocenters. The van der Waals surface area contributed by atoms with Crippen molar-refractivity contribution in [1.29, 1.82) is 0 Å². The molecule has 21 heavy (non-hydrogen) atoms. The minimum absolute atomic E-state index is 0.0767. The van der Waals surface area contributed by atoms with Crippen molar-refractivity contribution in [2.24, 2.45) is 0 Å². The Morgan fingerprint density at radius 1 is 1.24 bits per heavy atom. The zero-order valence-corrected chi connectivity index (χ0v) is 13.3. The zero-order valence-electron chi connectivity index (χ0n) is 13.3. The molecule has 0 amide bonds. The first kappa shape index (κ1) is 15.0. The molecule has 2 fully saturated rings. The fourth-order valence-corrected chi connectivity index (χ4v) is 4.19. The van der Waals surface area contributed by atoms with Gasteiger partial charge in [-0.1, -0.05) is 31.4 Å². The average molecular weight is 290 g/mol. The van der Waals surface area contributed by atoms with Gasteiger partial charge in [0.05, 0.1) is 0 Å². The van der Waals surface area contributed by atoms with Crippen molar-refractivity contribution in [3.05, 3.63) is 35.1 Å². The molecule has 1 spiro atoms. The van der Waals surface area contributed by atoms with Gasteiger partial charge in [0, 0.05) is 31.2 Å². The molecule has 1 N–H and O–H groups in total. The highest BCUT2D eigenvalue weighted by Gasteiger charge is 2.41. The third-order valence-electron chi connectivity index (χ3n) is 5.52. The minimum Gasteiger partial charge on any atom is -0.314 e. The van der Waals surface area contributed by atoms with Gasteiger partial charge in [-0.05, 0) is 43.9 Å². The molecule has 1 heterocycles. The smallest absolute Gasteiger partial charge is 0.126 e. The summed E-state index contributed by atoms with van der Waals surface area (Å²) >= 11 is 0. The van der Waals surface area contributed by atoms with E-state index in [0.717, 1.165) is 30.8 Å². The number of rotatable bonds is 2. The highest BCUT2D eigenvalue weighted by atomic mass is 19.1. The van der Waals surface area contributed by atoms with Gasteiger partial charge in [0.15, 0.2) is 0 Å². The topological polar surface area (TPSA) is 15.3 Å². The summed E-state index contributed by atoms with van der Waals surface area (Å²) in [5, 5.41) is 3.59. The molecule has 1 aromatic carbocycles. The molecule has 2 nitrogen and oxygen atoms in total. The van der Waals surface area contributed by atoms with Crippen LogP contribution in [0.2, 0.25) is 0 Å². The van der Waals surface area contributed by atoms with Gasteiger partial charge in [-0.3, -0.25) is 4.90 Å². The van der Waals surface area contributed by atoms with Crippen LogP contribution in [-0.2, 0) is 0 Å². The Kier molecular flexibility index (Phi) is 4.32. The third kappa shape index (κ3) is 2.86. The minimum atomic E-state index is -0.0767. The second-order valence-corrected chi connectivity index (χ2v) is 6.84. The fourth-order valence-electron chi connectivity index (χ4n) is 4.19. The van der Waals surface area contributed by atoms with Crippen LogP contribution in [0, 0.1) is 12.7 Å². The number of nitrogens with zero attached hydrogens (tertiary/aromatic N) is 1. The number of aryl methyl sites for hydroxylation is 1. The van der Waals surface area contributed by atoms with E-state index in [0.29, 0.717) is 6.04 Å². The second kappa shape index (κ2) is 6.05. The monoisotopic (exact) mass is 290 g/mol. The molecule has 3 rings (SSSR count). The van der Waals surface area contributed by atoms with E-state index in [9.17, 15) is 4.39 Å². The highest BCUT2D eigenvalue weighted by molar-refractivity contribution is 5.26. The Bertz CT molecular complexity index is 486. The first-order valence-corrected chi connectivity index (χ1v) is 8.36. The van der Waals surface area contributed by atoms with Gasteiger partial charge in [-0.25, -0.2) is 4.39 Å². The Morgan fingerprint density at radius 2 is 2.00 bits per heavy atom. The van der Waals surface area contributed by atoms with E-state index >= 15 is 0 Å². The Balaban J connectivity index is 1.86. The van der Waals surface area contributed by atoms with Crippen LogP contribution in [0.5, 0.6) is 0 Å². The molecule has 1 aliphatic carbocycles. The molecule has 1 saturated heterocycles. The van der Waals surface area contributed by atoms with Crippen molar-refractivity contribution in [3.8, 4) is 0 Å². The maximum atomic E-state index is 13.9. The quantitative estimate of drug-likeness (QED) is 0.891. The molecule has 1 aliphatic heterocycles. The number of piperazine rings is 1. The first-order valence-electron chi connectivity index (χ1n) is 8.36. The molecule has 1 atom stereocenters. The van der Waals surface area contributed by atoms with Gasteiger partial charge >= 0.3 is 0 Å². The Labute approximate surface area is 127 Å². The van der Waals surface area contributed by atoms with Gasteiger partial charge in [-0.15, -0.1) is 0 Å². The number of halogens is 1. The highest BCUT2D eigenvalue weighted by Crippen LogP contribution is 2.39. The van der Waals surface area contributed by atoms with Crippen LogP contribution in [0.15, 0.2) is 18.2 Å². The molecule has 3 heteroatoms. The Hall–Kier alpha value is -0.930. The largest absolute Gasteiger partial charge is 0.314 e. The molecule has 1 aromatic rings. The van der Waals surface area contributed by atoms with E-state index in [4.69, 9.17) is 0 Å². The van der Waals surface area contributed by atoms with Crippen molar-refractivity contribution in [1.82, 2.24) is 10.2 Å². The second-order valence-electron chi connectivity index (χ2n) is 6.84. The zero-order chi connectivity index (χ0) is 14.9. The molecule has 2 aliphatic rings.